The summed E-state index contributed by atoms with van der Waals surface area (Å²) in [5.74, 6) is 1.86. The standard InChI is InChI=1S/C49H39N5O.Pt/c1-32-22-23-50-48(24-32)52-30-33-25-35(54-43-14-8-6-12-40(43)41-13-7-9-15-44(41)54)18-20-39(33)42-21-19-37(29-47(42)52)55-38-27-34(49(2,3)4)26-36(28-38)53-31-51(5)45-16-10-11-17-46(45)53;/h6-27H,30H2,1-5H3;/q-2;/i5D3;. The molecule has 0 spiro atoms. The molecule has 0 saturated carbocycles. The summed E-state index contributed by atoms with van der Waals surface area (Å²) in [6, 6.07) is 50.9. The number of para-hydroxylation sites is 4. The van der Waals surface area contributed by atoms with E-state index in [0.29, 0.717) is 33.1 Å². The second kappa shape index (κ2) is 13.1. The summed E-state index contributed by atoms with van der Waals surface area (Å²) in [6.07, 6.45) is 1.85. The molecule has 1 aliphatic rings. The molecular weight excluding hydrogens is 870 g/mol. The molecule has 6 aromatic carbocycles. The third kappa shape index (κ3) is 5.66. The normalized spacial score (nSPS) is 13.8. The Kier molecular flexibility index (Phi) is 7.29. The van der Waals surface area contributed by atoms with Crippen molar-refractivity contribution in [2.45, 2.75) is 39.7 Å². The van der Waals surface area contributed by atoms with Crippen LogP contribution in [0.4, 0.5) is 11.5 Å². The molecule has 7 heteroatoms. The van der Waals surface area contributed by atoms with E-state index in [1.54, 1.807) is 0 Å². The summed E-state index contributed by atoms with van der Waals surface area (Å²) in [7, 11) is 0. The van der Waals surface area contributed by atoms with Gasteiger partial charge in [0.15, 0.2) is 0 Å². The summed E-state index contributed by atoms with van der Waals surface area (Å²) in [6.45, 7) is 6.75. The zero-order chi connectivity index (χ0) is 40.8. The van der Waals surface area contributed by atoms with E-state index in [2.05, 4.69) is 154 Å². The second-order valence-corrected chi connectivity index (χ2v) is 16.5. The van der Waals surface area contributed by atoms with E-state index >= 15 is 0 Å². The van der Waals surface area contributed by atoms with Crippen molar-refractivity contribution < 1.29 is 28.2 Å². The van der Waals surface area contributed by atoms with Gasteiger partial charge in [-0.1, -0.05) is 36.4 Å². The second-order valence-electron chi connectivity index (χ2n) is 15.4. The molecule has 0 radical (unpaired) electrons. The van der Waals surface area contributed by atoms with E-state index in [-0.39, 0.29) is 5.41 Å². The first kappa shape index (κ1) is 31.3. The molecule has 6 nitrogen and oxygen atoms in total. The zero-order valence-electron chi connectivity index (χ0n) is 34.4. The number of pyridine rings is 1. The first-order valence-corrected chi connectivity index (χ1v) is 19.8. The molecule has 9 aromatic rings. The van der Waals surface area contributed by atoms with Crippen LogP contribution < -0.4 is 9.64 Å². The topological polar surface area (TPSA) is 40.1 Å². The Hall–Kier alpha value is -5.97. The van der Waals surface area contributed by atoms with Gasteiger partial charge in [0.1, 0.15) is 0 Å². The van der Waals surface area contributed by atoms with Crippen molar-refractivity contribution in [3.8, 4) is 34.0 Å². The van der Waals surface area contributed by atoms with Gasteiger partial charge in [-0.25, -0.2) is 0 Å². The monoisotopic (exact) mass is 911 g/mol. The molecule has 0 saturated heterocycles. The van der Waals surface area contributed by atoms with Crippen LogP contribution in [0.25, 0.3) is 55.3 Å². The molecule has 3 aromatic heterocycles. The van der Waals surface area contributed by atoms with Crippen molar-refractivity contribution in [1.29, 1.82) is 0 Å². The van der Waals surface area contributed by atoms with Crippen LogP contribution in [0.5, 0.6) is 11.5 Å². The number of anilines is 2. The summed E-state index contributed by atoms with van der Waals surface area (Å²) in [5, 5.41) is 2.46. The Balaban J connectivity index is 1.10. The van der Waals surface area contributed by atoms with Gasteiger partial charge in [-0.2, -0.15) is 0 Å². The van der Waals surface area contributed by atoms with Crippen molar-refractivity contribution in [2.75, 3.05) is 4.90 Å². The predicted molar refractivity (Wildman–Crippen MR) is 223 cm³/mol. The Labute approximate surface area is 341 Å². The van der Waals surface area contributed by atoms with Crippen molar-refractivity contribution in [3.63, 3.8) is 0 Å². The van der Waals surface area contributed by atoms with Gasteiger partial charge in [-0.05, 0) is 42.8 Å². The first-order chi connectivity index (χ1) is 28.3. The van der Waals surface area contributed by atoms with Crippen molar-refractivity contribution in [1.82, 2.24) is 18.7 Å². The maximum absolute atomic E-state index is 8.35. The van der Waals surface area contributed by atoms with Gasteiger partial charge >= 0.3 is 226 Å². The quantitative estimate of drug-likeness (QED) is 0.162. The fourth-order valence-corrected chi connectivity index (χ4v) is 8.80. The van der Waals surface area contributed by atoms with E-state index in [0.717, 1.165) is 45.0 Å². The number of hydrogen-bond acceptors (Lipinski definition) is 3. The van der Waals surface area contributed by atoms with E-state index in [9.17, 15) is 0 Å². The fourth-order valence-electron chi connectivity index (χ4n) is 7.98. The van der Waals surface area contributed by atoms with Crippen molar-refractivity contribution in [3.05, 3.63) is 166 Å². The van der Waals surface area contributed by atoms with Crippen LogP contribution >= 0.6 is 0 Å². The maximum atomic E-state index is 8.35. The number of hydrogen-bond donors (Lipinski definition) is 0. The summed E-state index contributed by atoms with van der Waals surface area (Å²) < 4.78 is 38.0. The van der Waals surface area contributed by atoms with Crippen molar-refractivity contribution >= 4 is 44.3 Å². The number of fused-ring (bicyclic) bond motifs is 7. The number of aryl methyl sites for hydroxylation is 2. The molecule has 56 heavy (non-hydrogen) atoms. The summed E-state index contributed by atoms with van der Waals surface area (Å²) in [5.41, 5.74) is 11.6. The molecule has 0 unspecified atom stereocenters. The van der Waals surface area contributed by atoms with Crippen LogP contribution in [-0.2, 0) is 38.3 Å². The predicted octanol–water partition coefficient (Wildman–Crippen LogP) is 11.9. The first-order valence-electron chi connectivity index (χ1n) is 20.2. The van der Waals surface area contributed by atoms with Gasteiger partial charge in [0.2, 0.25) is 0 Å². The van der Waals surface area contributed by atoms with Crippen molar-refractivity contribution in [2.24, 2.45) is 6.98 Å². The van der Waals surface area contributed by atoms with Gasteiger partial charge in [0.25, 0.3) is 0 Å². The minimum absolute atomic E-state index is 0.245. The number of rotatable bonds is 5. The van der Waals surface area contributed by atoms with E-state index in [4.69, 9.17) is 13.8 Å². The van der Waals surface area contributed by atoms with Crippen LogP contribution in [0.3, 0.4) is 0 Å². The Morgan fingerprint density at radius 1 is 0.714 bits per heavy atom. The minimum atomic E-state index is -2.37. The molecule has 4 heterocycles. The molecule has 0 bridgehead atoms. The molecule has 1 aliphatic heterocycles. The third-order valence-corrected chi connectivity index (χ3v) is 11.8. The van der Waals surface area contributed by atoms with E-state index in [1.165, 1.54) is 31.9 Å². The number of benzene rings is 6. The zero-order valence-corrected chi connectivity index (χ0v) is 33.6. The van der Waals surface area contributed by atoms with Gasteiger partial charge < -0.3 is 4.57 Å². The average molecular weight is 912 g/mol. The van der Waals surface area contributed by atoms with Gasteiger partial charge in [0.05, 0.1) is 11.0 Å². The van der Waals surface area contributed by atoms with Crippen LogP contribution in [0.2, 0.25) is 0 Å². The molecule has 0 aliphatic carbocycles. The van der Waals surface area contributed by atoms with E-state index < -0.39 is 6.98 Å². The molecule has 278 valence electrons. The van der Waals surface area contributed by atoms with Gasteiger partial charge in [0, 0.05) is 22.7 Å². The summed E-state index contributed by atoms with van der Waals surface area (Å²) in [4.78, 5) is 7.07. The SMILES string of the molecule is [2H]C([2H])([2H])n1[c](=[Pt])n(-c2[c-]c(Oc3[c-]c4c(cc3)-c3ccc(-n5c6ccccc6c6ccccc65)cc3CN4c3cc(C)ccn3)cc(C(C)(C)C)c2)c2ccccc21. The fraction of sp³-hybridized carbons (Fsp3) is 0.143. The third-order valence-electron chi connectivity index (χ3n) is 10.8. The van der Waals surface area contributed by atoms with Crippen LogP contribution in [0.1, 0.15) is 41.6 Å². The number of ether oxygens (including phenoxy) is 1. The van der Waals surface area contributed by atoms with E-state index in [1.807, 2.05) is 53.2 Å². The van der Waals surface area contributed by atoms with Gasteiger partial charge in [-0.3, -0.25) is 0 Å². The Bertz CT molecular complexity index is 3150. The Morgan fingerprint density at radius 3 is 2.12 bits per heavy atom. The number of aromatic nitrogens is 4. The average Bonchev–Trinajstić information content (AvgIpc) is 3.71. The molecule has 10 rings (SSSR count). The molecule has 0 fully saturated rings. The number of nitrogens with zero attached hydrogens (tertiary/aromatic N) is 5. The van der Waals surface area contributed by atoms with Crippen LogP contribution in [0, 0.1) is 22.9 Å². The molecule has 0 N–H and O–H groups in total. The molecule has 0 amide bonds. The Morgan fingerprint density at radius 2 is 1.41 bits per heavy atom. The van der Waals surface area contributed by atoms with Crippen LogP contribution in [0.15, 0.2) is 134 Å². The van der Waals surface area contributed by atoms with Gasteiger partial charge in [-0.15, -0.1) is 0 Å². The van der Waals surface area contributed by atoms with Crippen LogP contribution in [-0.4, -0.2) is 18.7 Å². The molecular formula is C49H39N5OPt-2. The molecule has 0 atom stereocenters. The number of imidazole rings is 1. The summed E-state index contributed by atoms with van der Waals surface area (Å²) >= 11 is 2.10.